The highest BCUT2D eigenvalue weighted by Crippen LogP contribution is 2.39. The standard InChI is InChI=1S/C17H19NS/c18-17(14-6-7-14)15-8-10-16(11-9-15)19-12-13-4-2-1-3-5-13/h1-5,8-11,14,17H,6-7,12,18H2. The molecule has 1 atom stereocenters. The monoisotopic (exact) mass is 269 g/mol. The third kappa shape index (κ3) is 3.40. The van der Waals surface area contributed by atoms with Crippen LogP contribution in [-0.4, -0.2) is 0 Å². The van der Waals surface area contributed by atoms with E-state index in [0.717, 1.165) is 11.7 Å². The van der Waals surface area contributed by atoms with Crippen LogP contribution in [0.15, 0.2) is 59.5 Å². The van der Waals surface area contributed by atoms with Gasteiger partial charge in [-0.15, -0.1) is 11.8 Å². The van der Waals surface area contributed by atoms with E-state index in [2.05, 4.69) is 54.6 Å². The average Bonchev–Trinajstić information content (AvgIpc) is 3.31. The Morgan fingerprint density at radius 2 is 1.68 bits per heavy atom. The molecule has 0 bridgehead atoms. The van der Waals surface area contributed by atoms with Crippen LogP contribution in [0.3, 0.4) is 0 Å². The topological polar surface area (TPSA) is 26.0 Å². The molecule has 1 fully saturated rings. The van der Waals surface area contributed by atoms with E-state index >= 15 is 0 Å². The summed E-state index contributed by atoms with van der Waals surface area (Å²) in [6.45, 7) is 0. The normalized spacial score (nSPS) is 16.3. The fourth-order valence-electron chi connectivity index (χ4n) is 2.25. The zero-order valence-electron chi connectivity index (χ0n) is 11.0. The van der Waals surface area contributed by atoms with Crippen molar-refractivity contribution < 1.29 is 0 Å². The number of nitrogens with two attached hydrogens (primary N) is 1. The molecule has 2 aromatic rings. The highest BCUT2D eigenvalue weighted by Gasteiger charge is 2.29. The van der Waals surface area contributed by atoms with E-state index in [0.29, 0.717) is 0 Å². The largest absolute Gasteiger partial charge is 0.324 e. The van der Waals surface area contributed by atoms with E-state index in [1.165, 1.54) is 28.9 Å². The molecule has 1 unspecified atom stereocenters. The maximum atomic E-state index is 6.21. The van der Waals surface area contributed by atoms with Gasteiger partial charge in [-0.1, -0.05) is 42.5 Å². The molecule has 0 spiro atoms. The first-order valence-electron chi connectivity index (χ1n) is 6.85. The quantitative estimate of drug-likeness (QED) is 0.815. The second kappa shape index (κ2) is 5.81. The molecule has 2 heteroatoms. The van der Waals surface area contributed by atoms with Gasteiger partial charge in [0, 0.05) is 16.7 Å². The third-order valence-corrected chi connectivity index (χ3v) is 4.73. The molecule has 0 radical (unpaired) electrons. The van der Waals surface area contributed by atoms with Crippen molar-refractivity contribution in [1.82, 2.24) is 0 Å². The van der Waals surface area contributed by atoms with E-state index in [1.54, 1.807) is 0 Å². The molecule has 0 heterocycles. The molecule has 2 N–H and O–H groups in total. The molecule has 1 saturated carbocycles. The van der Waals surface area contributed by atoms with Crippen molar-refractivity contribution >= 4 is 11.8 Å². The summed E-state index contributed by atoms with van der Waals surface area (Å²) in [5.41, 5.74) is 8.86. The molecular formula is C17H19NS. The average molecular weight is 269 g/mol. The number of rotatable bonds is 5. The lowest BCUT2D eigenvalue weighted by atomic mass is 10.0. The van der Waals surface area contributed by atoms with Crippen LogP contribution < -0.4 is 5.73 Å². The summed E-state index contributed by atoms with van der Waals surface area (Å²) in [4.78, 5) is 1.32. The van der Waals surface area contributed by atoms with E-state index in [1.807, 2.05) is 11.8 Å². The minimum absolute atomic E-state index is 0.244. The highest BCUT2D eigenvalue weighted by atomic mass is 32.2. The van der Waals surface area contributed by atoms with Gasteiger partial charge in [0.15, 0.2) is 0 Å². The molecule has 1 nitrogen and oxygen atoms in total. The van der Waals surface area contributed by atoms with Gasteiger partial charge in [0.2, 0.25) is 0 Å². The van der Waals surface area contributed by atoms with E-state index in [9.17, 15) is 0 Å². The van der Waals surface area contributed by atoms with Crippen molar-refractivity contribution in [3.8, 4) is 0 Å². The first-order chi connectivity index (χ1) is 9.33. The summed E-state index contributed by atoms with van der Waals surface area (Å²) >= 11 is 1.88. The van der Waals surface area contributed by atoms with Gasteiger partial charge in [-0.25, -0.2) is 0 Å². The lowest BCUT2D eigenvalue weighted by Crippen LogP contribution is -2.11. The van der Waals surface area contributed by atoms with E-state index in [4.69, 9.17) is 5.73 Å². The SMILES string of the molecule is NC(c1ccc(SCc2ccccc2)cc1)C1CC1. The van der Waals surface area contributed by atoms with Gasteiger partial charge >= 0.3 is 0 Å². The summed E-state index contributed by atoms with van der Waals surface area (Å²) in [6, 6.07) is 19.6. The van der Waals surface area contributed by atoms with Gasteiger partial charge in [-0.3, -0.25) is 0 Å². The summed E-state index contributed by atoms with van der Waals surface area (Å²) in [5, 5.41) is 0. The Bertz CT molecular complexity index is 517. The van der Waals surface area contributed by atoms with Gasteiger partial charge < -0.3 is 5.73 Å². The fourth-order valence-corrected chi connectivity index (χ4v) is 3.11. The Kier molecular flexibility index (Phi) is 3.90. The Morgan fingerprint density at radius 1 is 1.00 bits per heavy atom. The molecule has 0 aromatic heterocycles. The number of hydrogen-bond donors (Lipinski definition) is 1. The Hall–Kier alpha value is -1.25. The van der Waals surface area contributed by atoms with Gasteiger partial charge in [-0.2, -0.15) is 0 Å². The van der Waals surface area contributed by atoms with Crippen molar-refractivity contribution in [2.75, 3.05) is 0 Å². The van der Waals surface area contributed by atoms with Crippen LogP contribution in [0.2, 0.25) is 0 Å². The van der Waals surface area contributed by atoms with Crippen LogP contribution in [0.4, 0.5) is 0 Å². The zero-order valence-corrected chi connectivity index (χ0v) is 11.8. The molecule has 19 heavy (non-hydrogen) atoms. The first kappa shape index (κ1) is 12.8. The number of thioether (sulfide) groups is 1. The van der Waals surface area contributed by atoms with Gasteiger partial charge in [0.1, 0.15) is 0 Å². The molecule has 98 valence electrons. The molecule has 0 aliphatic heterocycles. The second-order valence-electron chi connectivity index (χ2n) is 5.21. The Labute approximate surface area is 119 Å². The summed E-state index contributed by atoms with van der Waals surface area (Å²) < 4.78 is 0. The minimum Gasteiger partial charge on any atom is -0.324 e. The maximum Gasteiger partial charge on any atom is 0.0323 e. The van der Waals surface area contributed by atoms with Crippen molar-refractivity contribution in [1.29, 1.82) is 0 Å². The second-order valence-corrected chi connectivity index (χ2v) is 6.26. The van der Waals surface area contributed by atoms with Crippen LogP contribution in [0.5, 0.6) is 0 Å². The minimum atomic E-state index is 0.244. The molecule has 3 rings (SSSR count). The summed E-state index contributed by atoms with van der Waals surface area (Å²) in [6.07, 6.45) is 2.59. The van der Waals surface area contributed by atoms with Gasteiger partial charge in [0.25, 0.3) is 0 Å². The summed E-state index contributed by atoms with van der Waals surface area (Å²) in [7, 11) is 0. The van der Waals surface area contributed by atoms with Crippen LogP contribution in [0.1, 0.15) is 30.0 Å². The number of benzene rings is 2. The molecular weight excluding hydrogens is 250 g/mol. The Balaban J connectivity index is 1.59. The lowest BCUT2D eigenvalue weighted by molar-refractivity contribution is 0.633. The number of hydrogen-bond acceptors (Lipinski definition) is 2. The van der Waals surface area contributed by atoms with E-state index < -0.39 is 0 Å². The first-order valence-corrected chi connectivity index (χ1v) is 7.84. The van der Waals surface area contributed by atoms with E-state index in [-0.39, 0.29) is 6.04 Å². The smallest absolute Gasteiger partial charge is 0.0323 e. The van der Waals surface area contributed by atoms with Crippen molar-refractivity contribution in [3.05, 3.63) is 65.7 Å². The van der Waals surface area contributed by atoms with Gasteiger partial charge in [-0.05, 0) is 42.0 Å². The molecule has 2 aromatic carbocycles. The molecule has 1 aliphatic carbocycles. The predicted octanol–water partition coefficient (Wildman–Crippen LogP) is 4.39. The van der Waals surface area contributed by atoms with Gasteiger partial charge in [0.05, 0.1) is 0 Å². The Morgan fingerprint density at radius 3 is 2.32 bits per heavy atom. The third-order valence-electron chi connectivity index (χ3n) is 3.64. The summed E-state index contributed by atoms with van der Waals surface area (Å²) in [5.74, 6) is 1.75. The van der Waals surface area contributed by atoms with Crippen LogP contribution in [0, 0.1) is 5.92 Å². The van der Waals surface area contributed by atoms with Crippen molar-refractivity contribution in [3.63, 3.8) is 0 Å². The van der Waals surface area contributed by atoms with Crippen molar-refractivity contribution in [2.24, 2.45) is 11.7 Å². The fraction of sp³-hybridized carbons (Fsp3) is 0.294. The van der Waals surface area contributed by atoms with Crippen LogP contribution in [0.25, 0.3) is 0 Å². The lowest BCUT2D eigenvalue weighted by Gasteiger charge is -2.11. The molecule has 0 saturated heterocycles. The van der Waals surface area contributed by atoms with Crippen molar-refractivity contribution in [2.45, 2.75) is 29.5 Å². The molecule has 0 amide bonds. The zero-order chi connectivity index (χ0) is 13.1. The van der Waals surface area contributed by atoms with Crippen LogP contribution in [-0.2, 0) is 5.75 Å². The highest BCUT2D eigenvalue weighted by molar-refractivity contribution is 7.98. The maximum absolute atomic E-state index is 6.21. The predicted molar refractivity (Wildman–Crippen MR) is 82.1 cm³/mol. The molecule has 1 aliphatic rings. The van der Waals surface area contributed by atoms with Crippen LogP contribution >= 0.6 is 11.8 Å².